The summed E-state index contributed by atoms with van der Waals surface area (Å²) < 4.78 is 32.1. The molecule has 0 bridgehead atoms. The summed E-state index contributed by atoms with van der Waals surface area (Å²) in [6, 6.07) is 0. The van der Waals surface area contributed by atoms with E-state index in [1.165, 1.54) is 5.57 Å². The third-order valence-corrected chi connectivity index (χ3v) is 10.1. The smallest absolute Gasteiger partial charge is 0.334 e. The summed E-state index contributed by atoms with van der Waals surface area (Å²) in [5.41, 5.74) is 0.886. The van der Waals surface area contributed by atoms with E-state index in [2.05, 4.69) is 27.0 Å². The van der Waals surface area contributed by atoms with Crippen LogP contribution in [0.2, 0.25) is 0 Å². The van der Waals surface area contributed by atoms with Crippen molar-refractivity contribution >= 4 is 17.7 Å². The maximum atomic E-state index is 12.4. The largest absolute Gasteiger partial charge is 0.455 e. The Morgan fingerprint density at radius 1 is 1.23 bits per heavy atom. The van der Waals surface area contributed by atoms with E-state index in [4.69, 9.17) is 23.7 Å². The number of epoxide rings is 3. The fraction of sp³-hybridized carbons (Fsp3) is 0.870. The third kappa shape index (κ3) is 1.69. The van der Waals surface area contributed by atoms with Gasteiger partial charge in [-0.15, -0.1) is 11.8 Å². The summed E-state index contributed by atoms with van der Waals surface area (Å²) in [4.78, 5) is 12.4. The van der Waals surface area contributed by atoms with Crippen LogP contribution in [0.25, 0.3) is 0 Å². The molecule has 0 radical (unpaired) electrons. The van der Waals surface area contributed by atoms with Crippen LogP contribution in [0, 0.1) is 17.3 Å². The third-order valence-electron chi connectivity index (χ3n) is 9.70. The quantitative estimate of drug-likeness (QED) is 0.383. The van der Waals surface area contributed by atoms with Gasteiger partial charge in [0, 0.05) is 11.0 Å². The molecule has 0 aromatic carbocycles. The highest BCUT2D eigenvalue weighted by atomic mass is 32.2. The first-order chi connectivity index (χ1) is 14.3. The van der Waals surface area contributed by atoms with Crippen molar-refractivity contribution in [1.82, 2.24) is 0 Å². The fourth-order valence-electron chi connectivity index (χ4n) is 8.37. The van der Waals surface area contributed by atoms with Crippen LogP contribution in [0.4, 0.5) is 0 Å². The Hall–Kier alpha value is -0.600. The van der Waals surface area contributed by atoms with Gasteiger partial charge in [0.1, 0.15) is 35.6 Å². The Labute approximate surface area is 181 Å². The van der Waals surface area contributed by atoms with Gasteiger partial charge in [-0.25, -0.2) is 4.79 Å². The van der Waals surface area contributed by atoms with Crippen LogP contribution in [0.3, 0.4) is 0 Å². The van der Waals surface area contributed by atoms with E-state index in [0.29, 0.717) is 11.9 Å². The average Bonchev–Trinajstić information content (AvgIpc) is 3.58. The summed E-state index contributed by atoms with van der Waals surface area (Å²) in [5.74, 6) is 1.10. The number of hydrogen-bond donors (Lipinski definition) is 0. The minimum atomic E-state index is -0.430. The van der Waals surface area contributed by atoms with Gasteiger partial charge in [-0.05, 0) is 49.9 Å². The predicted octanol–water partition coefficient (Wildman–Crippen LogP) is 2.84. The molecule has 0 aromatic rings. The molecule has 7 aliphatic rings. The van der Waals surface area contributed by atoms with Gasteiger partial charge in [0.2, 0.25) is 0 Å². The molecule has 6 nitrogen and oxygen atoms in total. The van der Waals surface area contributed by atoms with Gasteiger partial charge in [0.05, 0.1) is 12.0 Å². The molecule has 0 amide bonds. The minimum Gasteiger partial charge on any atom is -0.455 e. The van der Waals surface area contributed by atoms with Crippen LogP contribution in [0.1, 0.15) is 47.0 Å². The van der Waals surface area contributed by atoms with Gasteiger partial charge in [0.25, 0.3) is 0 Å². The zero-order chi connectivity index (χ0) is 20.8. The number of fused-ring (bicyclic) bond motifs is 4. The Morgan fingerprint density at radius 3 is 2.77 bits per heavy atom. The van der Waals surface area contributed by atoms with E-state index in [1.54, 1.807) is 11.8 Å². The first-order valence-electron chi connectivity index (χ1n) is 11.4. The Balaban J connectivity index is 1.36. The molecule has 1 unspecified atom stereocenters. The summed E-state index contributed by atoms with van der Waals surface area (Å²) in [7, 11) is 0. The number of hydrogen-bond acceptors (Lipinski definition) is 7. The molecule has 164 valence electrons. The van der Waals surface area contributed by atoms with Gasteiger partial charge in [0.15, 0.2) is 5.60 Å². The summed E-state index contributed by atoms with van der Waals surface area (Å²) in [6.07, 6.45) is 4.62. The van der Waals surface area contributed by atoms with Crippen LogP contribution >= 0.6 is 11.8 Å². The van der Waals surface area contributed by atoms with Crippen LogP contribution in [0.5, 0.6) is 0 Å². The lowest BCUT2D eigenvalue weighted by Gasteiger charge is -2.54. The first-order valence-corrected chi connectivity index (χ1v) is 12.8. The molecule has 5 fully saturated rings. The first kappa shape index (κ1) is 18.9. The average molecular weight is 435 g/mol. The maximum absolute atomic E-state index is 12.4. The van der Waals surface area contributed by atoms with Gasteiger partial charge >= 0.3 is 5.97 Å². The number of carbonyl (C=O) groups excluding carboxylic acids is 1. The maximum Gasteiger partial charge on any atom is 0.334 e. The van der Waals surface area contributed by atoms with Gasteiger partial charge in [-0.3, -0.25) is 0 Å². The second-order valence-corrected chi connectivity index (χ2v) is 11.7. The van der Waals surface area contributed by atoms with Crippen molar-refractivity contribution in [1.29, 1.82) is 0 Å². The van der Waals surface area contributed by atoms with Gasteiger partial charge in [-0.2, -0.15) is 0 Å². The topological polar surface area (TPSA) is 73.1 Å². The molecule has 2 spiro atoms. The lowest BCUT2D eigenvalue weighted by molar-refractivity contribution is -0.139. The van der Waals surface area contributed by atoms with Crippen molar-refractivity contribution in [2.45, 2.75) is 94.3 Å². The molecule has 10 atom stereocenters. The second-order valence-electron chi connectivity index (χ2n) is 10.9. The summed E-state index contributed by atoms with van der Waals surface area (Å²) >= 11 is 1.69. The van der Waals surface area contributed by atoms with Crippen molar-refractivity contribution in [2.75, 3.05) is 12.2 Å². The molecule has 4 aliphatic heterocycles. The number of cyclic esters (lactones) is 1. The zero-order valence-corrected chi connectivity index (χ0v) is 19.0. The second kappa shape index (κ2) is 5.30. The van der Waals surface area contributed by atoms with E-state index < -0.39 is 5.60 Å². The molecule has 3 saturated heterocycles. The molecule has 3 aliphatic carbocycles. The molecule has 0 aromatic heterocycles. The summed E-state index contributed by atoms with van der Waals surface area (Å²) in [6.45, 7) is 8.84. The van der Waals surface area contributed by atoms with Crippen molar-refractivity contribution in [3.63, 3.8) is 0 Å². The molecule has 30 heavy (non-hydrogen) atoms. The molecule has 0 N–H and O–H groups in total. The summed E-state index contributed by atoms with van der Waals surface area (Å²) in [5, 5.41) is 0. The van der Waals surface area contributed by atoms with Crippen LogP contribution in [-0.4, -0.2) is 65.5 Å². The Bertz CT molecular complexity index is 902. The monoisotopic (exact) mass is 434 g/mol. The number of rotatable bonds is 4. The van der Waals surface area contributed by atoms with Crippen LogP contribution in [-0.2, 0) is 28.5 Å². The zero-order valence-electron chi connectivity index (χ0n) is 18.2. The molecular formula is C23H30O6S. The minimum absolute atomic E-state index is 0.0577. The predicted molar refractivity (Wildman–Crippen MR) is 109 cm³/mol. The molecular weight excluding hydrogens is 404 g/mol. The molecule has 4 heterocycles. The highest BCUT2D eigenvalue weighted by Crippen LogP contribution is 2.83. The Morgan fingerprint density at radius 2 is 2.03 bits per heavy atom. The van der Waals surface area contributed by atoms with Crippen molar-refractivity contribution in [3.05, 3.63) is 11.1 Å². The van der Waals surface area contributed by atoms with E-state index in [0.717, 1.165) is 24.8 Å². The van der Waals surface area contributed by atoms with Crippen LogP contribution in [0.15, 0.2) is 11.1 Å². The van der Waals surface area contributed by atoms with E-state index in [9.17, 15) is 4.79 Å². The van der Waals surface area contributed by atoms with Gasteiger partial charge in [-0.1, -0.05) is 20.8 Å². The molecule has 2 saturated carbocycles. The highest BCUT2D eigenvalue weighted by Gasteiger charge is 3.00. The fourth-order valence-corrected chi connectivity index (χ4v) is 8.64. The number of esters is 1. The highest BCUT2D eigenvalue weighted by molar-refractivity contribution is 7.98. The van der Waals surface area contributed by atoms with E-state index in [-0.39, 0.29) is 59.0 Å². The van der Waals surface area contributed by atoms with E-state index >= 15 is 0 Å². The van der Waals surface area contributed by atoms with Crippen molar-refractivity contribution < 1.29 is 28.5 Å². The molecule has 7 heteroatoms. The normalized spacial score (nSPS) is 58.8. The van der Waals surface area contributed by atoms with E-state index in [1.807, 2.05) is 6.92 Å². The Kier molecular flexibility index (Phi) is 3.35. The lowest BCUT2D eigenvalue weighted by Crippen LogP contribution is -2.69. The van der Waals surface area contributed by atoms with Crippen LogP contribution < -0.4 is 0 Å². The van der Waals surface area contributed by atoms with Crippen molar-refractivity contribution in [3.8, 4) is 0 Å². The molecule has 7 rings (SSSR count). The number of thioether (sulfide) groups is 1. The van der Waals surface area contributed by atoms with Gasteiger partial charge < -0.3 is 23.7 Å². The standard InChI is InChI=1S/C23H30O6S/c1-10(2)21-16(28-21)17-23(29-17)20(4)7-6-12-15(11(3)26-18(12)24)13(20)8-14-22(23,27-14)19(21)25-9-30-5/h10-11,13-14,16-17,19H,6-9H2,1-5H3/t11?,13-,14-,16-,17-,19+,20-,21-,22+,23+/m0/s1. The lowest BCUT2D eigenvalue weighted by atomic mass is 9.46. The van der Waals surface area contributed by atoms with Crippen molar-refractivity contribution in [2.24, 2.45) is 17.3 Å². The number of carbonyl (C=O) groups is 1. The number of ether oxygens (including phenoxy) is 5. The SMILES string of the molecule is CSCO[C@@H]1[C@@]2(C(C)C)O[C@H]2[C@@H]2O[C@]23[C@]12O[C@H]2C[C@H]1C2=C(CC[C@@]13C)C(=O)OC2C.